The van der Waals surface area contributed by atoms with E-state index in [1.165, 1.54) is 24.6 Å². The number of rotatable bonds is 4. The lowest BCUT2D eigenvalue weighted by molar-refractivity contribution is -0.118. The molecule has 1 aromatic carbocycles. The predicted octanol–water partition coefficient (Wildman–Crippen LogP) is 2.35. The van der Waals surface area contributed by atoms with Gasteiger partial charge in [0.1, 0.15) is 10.9 Å². The normalized spacial score (nSPS) is 14.6. The Labute approximate surface area is 116 Å². The molecule has 5 heteroatoms. The molecule has 1 saturated carbocycles. The fourth-order valence-electron chi connectivity index (χ4n) is 1.90. The SMILES string of the molecule is CNC(=O)CSc1nc(C2CC2)nc2ccccc12. The standard InChI is InChI=1S/C14H15N3OS/c1-15-12(18)8-19-14-10-4-2-3-5-11(10)16-13(17-14)9-6-7-9/h2-5,9H,6-8H2,1H3,(H,15,18). The number of hydrogen-bond acceptors (Lipinski definition) is 4. The van der Waals surface area contributed by atoms with Crippen LogP contribution in [-0.2, 0) is 4.79 Å². The maximum atomic E-state index is 11.4. The van der Waals surface area contributed by atoms with Crippen LogP contribution in [0.5, 0.6) is 0 Å². The van der Waals surface area contributed by atoms with Gasteiger partial charge in [0.05, 0.1) is 11.3 Å². The van der Waals surface area contributed by atoms with Gasteiger partial charge in [0.25, 0.3) is 0 Å². The van der Waals surface area contributed by atoms with Crippen LogP contribution in [-0.4, -0.2) is 28.7 Å². The van der Waals surface area contributed by atoms with E-state index in [9.17, 15) is 4.79 Å². The number of amides is 1. The molecule has 0 unspecified atom stereocenters. The lowest BCUT2D eigenvalue weighted by atomic mass is 10.2. The van der Waals surface area contributed by atoms with Gasteiger partial charge in [-0.15, -0.1) is 0 Å². The molecule has 1 aromatic heterocycles. The van der Waals surface area contributed by atoms with E-state index >= 15 is 0 Å². The zero-order valence-electron chi connectivity index (χ0n) is 10.7. The largest absolute Gasteiger partial charge is 0.358 e. The number of carbonyl (C=O) groups is 1. The van der Waals surface area contributed by atoms with Crippen LogP contribution in [0.3, 0.4) is 0 Å². The molecule has 4 nitrogen and oxygen atoms in total. The lowest BCUT2D eigenvalue weighted by Gasteiger charge is -2.07. The van der Waals surface area contributed by atoms with Crippen LogP contribution < -0.4 is 5.32 Å². The van der Waals surface area contributed by atoms with E-state index in [1.54, 1.807) is 7.05 Å². The number of thioether (sulfide) groups is 1. The van der Waals surface area contributed by atoms with E-state index in [0.29, 0.717) is 11.7 Å². The first-order valence-corrected chi connectivity index (χ1v) is 7.36. The number of fused-ring (bicyclic) bond motifs is 1. The molecule has 0 bridgehead atoms. The summed E-state index contributed by atoms with van der Waals surface area (Å²) >= 11 is 1.48. The van der Waals surface area contributed by atoms with Crippen LogP contribution in [0.4, 0.5) is 0 Å². The van der Waals surface area contributed by atoms with Gasteiger partial charge in [-0.05, 0) is 18.9 Å². The Hall–Kier alpha value is -1.62. The first-order valence-electron chi connectivity index (χ1n) is 6.38. The molecular formula is C14H15N3OS. The van der Waals surface area contributed by atoms with Crippen LogP contribution in [0.1, 0.15) is 24.6 Å². The molecule has 0 aliphatic heterocycles. The van der Waals surface area contributed by atoms with Gasteiger partial charge < -0.3 is 5.32 Å². The molecule has 0 atom stereocenters. The minimum Gasteiger partial charge on any atom is -0.358 e. The molecular weight excluding hydrogens is 258 g/mol. The van der Waals surface area contributed by atoms with Crippen molar-refractivity contribution in [3.8, 4) is 0 Å². The summed E-state index contributed by atoms with van der Waals surface area (Å²) in [7, 11) is 1.65. The van der Waals surface area contributed by atoms with Gasteiger partial charge in [0, 0.05) is 18.4 Å². The summed E-state index contributed by atoms with van der Waals surface area (Å²) in [6.07, 6.45) is 2.36. The molecule has 0 spiro atoms. The molecule has 0 saturated heterocycles. The number of aromatic nitrogens is 2. The number of carbonyl (C=O) groups excluding carboxylic acids is 1. The summed E-state index contributed by atoms with van der Waals surface area (Å²) in [5.74, 6) is 1.85. The summed E-state index contributed by atoms with van der Waals surface area (Å²) in [6, 6.07) is 7.98. The highest BCUT2D eigenvalue weighted by Gasteiger charge is 2.27. The van der Waals surface area contributed by atoms with Crippen molar-refractivity contribution >= 4 is 28.6 Å². The van der Waals surface area contributed by atoms with E-state index < -0.39 is 0 Å². The van der Waals surface area contributed by atoms with Crippen molar-refractivity contribution in [2.75, 3.05) is 12.8 Å². The number of para-hydroxylation sites is 1. The topological polar surface area (TPSA) is 54.9 Å². The average Bonchev–Trinajstić information content (AvgIpc) is 3.28. The van der Waals surface area contributed by atoms with Crippen LogP contribution >= 0.6 is 11.8 Å². The van der Waals surface area contributed by atoms with Crippen molar-refractivity contribution in [3.63, 3.8) is 0 Å². The van der Waals surface area contributed by atoms with E-state index in [0.717, 1.165) is 21.8 Å². The van der Waals surface area contributed by atoms with Crippen molar-refractivity contribution in [1.29, 1.82) is 0 Å². The highest BCUT2D eigenvalue weighted by Crippen LogP contribution is 2.39. The van der Waals surface area contributed by atoms with Gasteiger partial charge in [-0.3, -0.25) is 4.79 Å². The van der Waals surface area contributed by atoms with E-state index in [-0.39, 0.29) is 5.91 Å². The molecule has 1 aliphatic rings. The summed E-state index contributed by atoms with van der Waals surface area (Å²) in [6.45, 7) is 0. The Morgan fingerprint density at radius 3 is 2.89 bits per heavy atom. The quantitative estimate of drug-likeness (QED) is 0.686. The molecule has 1 amide bonds. The smallest absolute Gasteiger partial charge is 0.230 e. The molecule has 19 heavy (non-hydrogen) atoms. The second kappa shape index (κ2) is 5.17. The first-order chi connectivity index (χ1) is 9.28. The second-order valence-electron chi connectivity index (χ2n) is 4.64. The molecule has 1 fully saturated rings. The number of nitrogens with zero attached hydrogens (tertiary/aromatic N) is 2. The number of hydrogen-bond donors (Lipinski definition) is 1. The molecule has 2 aromatic rings. The van der Waals surface area contributed by atoms with Crippen molar-refractivity contribution in [2.45, 2.75) is 23.8 Å². The fraction of sp³-hybridized carbons (Fsp3) is 0.357. The fourth-order valence-corrected chi connectivity index (χ4v) is 2.80. The van der Waals surface area contributed by atoms with Crippen molar-refractivity contribution < 1.29 is 4.79 Å². The van der Waals surface area contributed by atoms with Crippen LogP contribution in [0.2, 0.25) is 0 Å². The van der Waals surface area contributed by atoms with Crippen LogP contribution in [0.25, 0.3) is 10.9 Å². The summed E-state index contributed by atoms with van der Waals surface area (Å²) < 4.78 is 0. The average molecular weight is 273 g/mol. The van der Waals surface area contributed by atoms with Crippen molar-refractivity contribution in [3.05, 3.63) is 30.1 Å². The van der Waals surface area contributed by atoms with Gasteiger partial charge in [-0.2, -0.15) is 0 Å². The van der Waals surface area contributed by atoms with E-state index in [4.69, 9.17) is 0 Å². The summed E-state index contributed by atoms with van der Waals surface area (Å²) in [5.41, 5.74) is 0.971. The molecule has 1 N–H and O–H groups in total. The number of nitrogens with one attached hydrogen (secondary N) is 1. The van der Waals surface area contributed by atoms with Gasteiger partial charge in [-0.1, -0.05) is 30.0 Å². The van der Waals surface area contributed by atoms with Crippen LogP contribution in [0.15, 0.2) is 29.3 Å². The Balaban J connectivity index is 1.97. The van der Waals surface area contributed by atoms with Gasteiger partial charge >= 0.3 is 0 Å². The monoisotopic (exact) mass is 273 g/mol. The highest BCUT2D eigenvalue weighted by molar-refractivity contribution is 8.00. The zero-order chi connectivity index (χ0) is 13.2. The maximum Gasteiger partial charge on any atom is 0.230 e. The lowest BCUT2D eigenvalue weighted by Crippen LogP contribution is -2.19. The molecule has 3 rings (SSSR count). The van der Waals surface area contributed by atoms with E-state index in [2.05, 4.69) is 15.3 Å². The zero-order valence-corrected chi connectivity index (χ0v) is 11.5. The Morgan fingerprint density at radius 1 is 1.37 bits per heavy atom. The van der Waals surface area contributed by atoms with Gasteiger partial charge in [0.2, 0.25) is 5.91 Å². The minimum absolute atomic E-state index is 0.0145. The Kier molecular flexibility index (Phi) is 3.38. The molecule has 98 valence electrons. The van der Waals surface area contributed by atoms with Gasteiger partial charge in [-0.25, -0.2) is 9.97 Å². The maximum absolute atomic E-state index is 11.4. The molecule has 0 radical (unpaired) electrons. The van der Waals surface area contributed by atoms with Crippen molar-refractivity contribution in [1.82, 2.24) is 15.3 Å². The predicted molar refractivity (Wildman–Crippen MR) is 76.3 cm³/mol. The molecule has 1 heterocycles. The highest BCUT2D eigenvalue weighted by atomic mass is 32.2. The van der Waals surface area contributed by atoms with E-state index in [1.807, 2.05) is 24.3 Å². The van der Waals surface area contributed by atoms with Crippen molar-refractivity contribution in [2.24, 2.45) is 0 Å². The summed E-state index contributed by atoms with van der Waals surface area (Å²) in [4.78, 5) is 20.6. The minimum atomic E-state index is 0.0145. The third kappa shape index (κ3) is 2.71. The molecule has 1 aliphatic carbocycles. The third-order valence-corrected chi connectivity index (χ3v) is 4.14. The third-order valence-electron chi connectivity index (χ3n) is 3.15. The first kappa shape index (κ1) is 12.4. The van der Waals surface area contributed by atoms with Crippen LogP contribution in [0, 0.1) is 0 Å². The second-order valence-corrected chi connectivity index (χ2v) is 5.60. The number of benzene rings is 1. The summed E-state index contributed by atoms with van der Waals surface area (Å²) in [5, 5.41) is 4.57. The Morgan fingerprint density at radius 2 is 2.16 bits per heavy atom. The van der Waals surface area contributed by atoms with Gasteiger partial charge in [0.15, 0.2) is 0 Å². The Bertz CT molecular complexity index is 625.